The van der Waals surface area contributed by atoms with Crippen molar-refractivity contribution in [2.75, 3.05) is 23.0 Å². The number of anilines is 2. The summed E-state index contributed by atoms with van der Waals surface area (Å²) in [5, 5.41) is 3.92. The number of aromatic nitrogens is 1. The van der Waals surface area contributed by atoms with E-state index in [-0.39, 0.29) is 24.0 Å². The molecule has 2 aromatic rings. The lowest BCUT2D eigenvalue weighted by atomic mass is 9.99. The normalized spacial score (nSPS) is 27.2. The lowest BCUT2D eigenvalue weighted by Gasteiger charge is -2.35. The van der Waals surface area contributed by atoms with Gasteiger partial charge in [0.25, 0.3) is 0 Å². The van der Waals surface area contributed by atoms with Crippen LogP contribution in [0.2, 0.25) is 0 Å². The van der Waals surface area contributed by atoms with E-state index in [2.05, 4.69) is 10.1 Å². The molecule has 6 rings (SSSR count). The van der Waals surface area contributed by atoms with Crippen LogP contribution in [0.5, 0.6) is 5.75 Å². The van der Waals surface area contributed by atoms with E-state index in [1.165, 1.54) is 12.3 Å². The minimum atomic E-state index is -0.414. The molecule has 0 bridgehead atoms. The van der Waals surface area contributed by atoms with Crippen molar-refractivity contribution >= 4 is 17.5 Å². The van der Waals surface area contributed by atoms with Gasteiger partial charge in [-0.2, -0.15) is 0 Å². The number of hydrogen-bond donors (Lipinski definition) is 0. The predicted molar refractivity (Wildman–Crippen MR) is 97.3 cm³/mol. The number of carbonyl (C=O) groups is 1. The first kappa shape index (κ1) is 16.2. The molecule has 1 aromatic carbocycles. The van der Waals surface area contributed by atoms with Gasteiger partial charge in [-0.3, -0.25) is 4.90 Å². The van der Waals surface area contributed by atoms with Gasteiger partial charge in [0.05, 0.1) is 23.5 Å². The number of halogens is 1. The molecule has 0 spiro atoms. The number of benzene rings is 1. The number of rotatable bonds is 3. The number of cyclic esters (lactones) is 1. The number of fused-ring (bicyclic) bond motifs is 7. The fourth-order valence-electron chi connectivity index (χ4n) is 5.14. The topological polar surface area (TPSA) is 68.0 Å². The minimum Gasteiger partial charge on any atom is -0.489 e. The smallest absolute Gasteiger partial charge is 0.415 e. The van der Waals surface area contributed by atoms with Gasteiger partial charge in [-0.15, -0.1) is 0 Å². The molecule has 0 saturated carbocycles. The van der Waals surface area contributed by atoms with Gasteiger partial charge in [0.1, 0.15) is 24.7 Å². The summed E-state index contributed by atoms with van der Waals surface area (Å²) in [4.78, 5) is 16.3. The molecule has 1 aromatic heterocycles. The van der Waals surface area contributed by atoms with Gasteiger partial charge in [0.2, 0.25) is 0 Å². The highest BCUT2D eigenvalue weighted by atomic mass is 19.1. The minimum absolute atomic E-state index is 0.139. The highest BCUT2D eigenvalue weighted by Gasteiger charge is 2.50. The van der Waals surface area contributed by atoms with Gasteiger partial charge in [-0.05, 0) is 25.7 Å². The van der Waals surface area contributed by atoms with Gasteiger partial charge >= 0.3 is 6.09 Å². The zero-order valence-corrected chi connectivity index (χ0v) is 15.3. The molecule has 2 saturated heterocycles. The van der Waals surface area contributed by atoms with Gasteiger partial charge < -0.3 is 18.9 Å². The number of ether oxygens (including phenoxy) is 2. The maximum atomic E-state index is 15.1. The lowest BCUT2D eigenvalue weighted by Crippen LogP contribution is -2.39. The average molecular weight is 385 g/mol. The van der Waals surface area contributed by atoms with Crippen molar-refractivity contribution in [3.05, 3.63) is 35.5 Å². The van der Waals surface area contributed by atoms with E-state index in [0.29, 0.717) is 43.0 Å². The van der Waals surface area contributed by atoms with Crippen LogP contribution in [0.3, 0.4) is 0 Å². The second-order valence-corrected chi connectivity index (χ2v) is 7.93. The van der Waals surface area contributed by atoms with Crippen molar-refractivity contribution < 1.29 is 23.2 Å². The first-order chi connectivity index (χ1) is 13.7. The highest BCUT2D eigenvalue weighted by molar-refractivity contribution is 5.95. The van der Waals surface area contributed by atoms with Crippen molar-refractivity contribution in [1.29, 1.82) is 0 Å². The summed E-state index contributed by atoms with van der Waals surface area (Å²) in [5.74, 6) is 0.297. The van der Waals surface area contributed by atoms with E-state index in [0.717, 1.165) is 30.6 Å². The van der Waals surface area contributed by atoms with Crippen LogP contribution in [0.25, 0.3) is 0 Å². The molecule has 0 radical (unpaired) electrons. The largest absolute Gasteiger partial charge is 0.489 e. The molecule has 0 aliphatic carbocycles. The number of aryl methyl sites for hydroxylation is 1. The predicted octanol–water partition coefficient (Wildman–Crippen LogP) is 3.06. The molecule has 146 valence electrons. The molecule has 0 N–H and O–H groups in total. The summed E-state index contributed by atoms with van der Waals surface area (Å²) in [7, 11) is 0. The Kier molecular flexibility index (Phi) is 3.39. The Morgan fingerprint density at radius 2 is 2.29 bits per heavy atom. The van der Waals surface area contributed by atoms with Crippen LogP contribution in [-0.4, -0.2) is 42.6 Å². The zero-order chi connectivity index (χ0) is 18.8. The number of hydrogen-bond acceptors (Lipinski definition) is 6. The van der Waals surface area contributed by atoms with E-state index in [1.807, 2.05) is 6.07 Å². The summed E-state index contributed by atoms with van der Waals surface area (Å²) >= 11 is 0. The molecule has 1 amide bonds. The Morgan fingerprint density at radius 1 is 1.36 bits per heavy atom. The Bertz CT molecular complexity index is 947. The van der Waals surface area contributed by atoms with E-state index in [4.69, 9.17) is 14.0 Å². The summed E-state index contributed by atoms with van der Waals surface area (Å²) in [5.41, 5.74) is 2.92. The summed E-state index contributed by atoms with van der Waals surface area (Å²) < 4.78 is 31.6. The van der Waals surface area contributed by atoms with Crippen LogP contribution in [0.1, 0.15) is 30.5 Å². The van der Waals surface area contributed by atoms with E-state index in [1.54, 1.807) is 4.90 Å². The van der Waals surface area contributed by atoms with Gasteiger partial charge in [0.15, 0.2) is 11.6 Å². The first-order valence-electron chi connectivity index (χ1n) is 9.84. The highest BCUT2D eigenvalue weighted by Crippen LogP contribution is 2.51. The van der Waals surface area contributed by atoms with Crippen molar-refractivity contribution in [3.63, 3.8) is 0 Å². The molecular weight excluding hydrogens is 365 g/mol. The van der Waals surface area contributed by atoms with Crippen molar-refractivity contribution in [3.8, 4) is 5.75 Å². The maximum absolute atomic E-state index is 15.1. The molecular formula is C20H20FN3O4. The molecule has 28 heavy (non-hydrogen) atoms. The summed E-state index contributed by atoms with van der Waals surface area (Å²) in [6.07, 6.45) is 4.86. The van der Waals surface area contributed by atoms with Crippen molar-refractivity contribution in [2.45, 2.75) is 50.3 Å². The van der Waals surface area contributed by atoms with Crippen LogP contribution in [-0.2, 0) is 17.6 Å². The molecule has 3 atom stereocenters. The Labute approximate surface area is 161 Å². The molecule has 7 nitrogen and oxygen atoms in total. The van der Waals surface area contributed by atoms with Gasteiger partial charge in [-0.25, -0.2) is 9.18 Å². The fraction of sp³-hybridized carbons (Fsp3) is 0.500. The van der Waals surface area contributed by atoms with E-state index in [9.17, 15) is 4.79 Å². The number of carbonyl (C=O) groups excluding carboxylic acids is 1. The maximum Gasteiger partial charge on any atom is 0.415 e. The second kappa shape index (κ2) is 5.86. The number of nitrogens with zero attached hydrogens (tertiary/aromatic N) is 3. The fourth-order valence-corrected chi connectivity index (χ4v) is 5.14. The molecule has 1 unspecified atom stereocenters. The summed E-state index contributed by atoms with van der Waals surface area (Å²) in [6, 6.07) is 3.41. The van der Waals surface area contributed by atoms with Gasteiger partial charge in [-0.1, -0.05) is 5.16 Å². The monoisotopic (exact) mass is 385 g/mol. The second-order valence-electron chi connectivity index (χ2n) is 7.93. The number of amides is 1. The third-order valence-corrected chi connectivity index (χ3v) is 6.43. The molecule has 8 heteroatoms. The Balaban J connectivity index is 1.33. The third kappa shape index (κ3) is 2.20. The lowest BCUT2D eigenvalue weighted by molar-refractivity contribution is 0.125. The van der Waals surface area contributed by atoms with Crippen LogP contribution >= 0.6 is 0 Å². The molecule has 5 heterocycles. The van der Waals surface area contributed by atoms with E-state index >= 15 is 4.39 Å². The van der Waals surface area contributed by atoms with E-state index < -0.39 is 6.09 Å². The van der Waals surface area contributed by atoms with Crippen molar-refractivity contribution in [1.82, 2.24) is 5.16 Å². The van der Waals surface area contributed by atoms with Crippen LogP contribution < -0.4 is 14.5 Å². The first-order valence-corrected chi connectivity index (χ1v) is 9.84. The molecule has 4 aliphatic rings. The quantitative estimate of drug-likeness (QED) is 0.809. The van der Waals surface area contributed by atoms with Gasteiger partial charge in [0, 0.05) is 30.7 Å². The van der Waals surface area contributed by atoms with Crippen LogP contribution in [0, 0.1) is 5.82 Å². The van der Waals surface area contributed by atoms with Crippen LogP contribution in [0.4, 0.5) is 20.6 Å². The standard InChI is InChI=1S/C20H20FN3O4/c21-14-9-15-13(19-18(14)23-6-1-2-12(23)10-26-19)8-16-17(28-20(25)24(15)16)4-3-11-5-7-27-22-11/h5,7,9,12,16-17H,1-4,6,8,10H2/t12?,16-,17-/m0/s1. The zero-order valence-electron chi connectivity index (χ0n) is 15.3. The summed E-state index contributed by atoms with van der Waals surface area (Å²) in [6.45, 7) is 1.43. The molecule has 2 fully saturated rings. The average Bonchev–Trinajstić information content (AvgIpc) is 3.45. The van der Waals surface area contributed by atoms with Crippen LogP contribution in [0.15, 0.2) is 22.9 Å². The Hall–Kier alpha value is -2.77. The third-order valence-electron chi connectivity index (χ3n) is 6.43. The SMILES string of the molecule is O=C1O[C@@H](CCc2ccon2)[C@@H]2Cc3c(cc(F)c4c3OCC3CCCN43)N12. The Morgan fingerprint density at radius 3 is 3.14 bits per heavy atom. The van der Waals surface area contributed by atoms with Crippen molar-refractivity contribution in [2.24, 2.45) is 0 Å². The molecule has 4 aliphatic heterocycles.